The van der Waals surface area contributed by atoms with Gasteiger partial charge in [-0.25, -0.2) is 4.98 Å². The molecule has 0 aliphatic rings. The summed E-state index contributed by atoms with van der Waals surface area (Å²) in [4.78, 5) is 28.9. The number of unbranched alkanes of at least 4 members (excludes halogenated alkanes) is 1. The summed E-state index contributed by atoms with van der Waals surface area (Å²) in [6.45, 7) is 2.58. The monoisotopic (exact) mass is 390 g/mol. The molecule has 0 aliphatic carbocycles. The number of hydrogen-bond donors (Lipinski definition) is 2. The molecule has 0 radical (unpaired) electrons. The van der Waals surface area contributed by atoms with E-state index in [4.69, 9.17) is 5.73 Å². The summed E-state index contributed by atoms with van der Waals surface area (Å²) in [6.07, 6.45) is 4.78. The highest BCUT2D eigenvalue weighted by molar-refractivity contribution is 7.99. The smallest absolute Gasteiger partial charge is 0.258 e. The van der Waals surface area contributed by atoms with Gasteiger partial charge >= 0.3 is 0 Å². The molecule has 24 heavy (non-hydrogen) atoms. The van der Waals surface area contributed by atoms with Gasteiger partial charge in [0.15, 0.2) is 4.96 Å². The predicted octanol–water partition coefficient (Wildman–Crippen LogP) is 2.04. The van der Waals surface area contributed by atoms with Gasteiger partial charge in [0.25, 0.3) is 5.56 Å². The summed E-state index contributed by atoms with van der Waals surface area (Å²) in [5.74, 6) is 0.864. The van der Waals surface area contributed by atoms with Gasteiger partial charge in [0.1, 0.15) is 0 Å². The van der Waals surface area contributed by atoms with E-state index in [-0.39, 0.29) is 29.9 Å². The lowest BCUT2D eigenvalue weighted by Gasteiger charge is -2.16. The lowest BCUT2D eigenvalue weighted by atomic mass is 10.1. The van der Waals surface area contributed by atoms with E-state index < -0.39 is 0 Å². The first-order valence-electron chi connectivity index (χ1n) is 7.67. The second-order valence-electron chi connectivity index (χ2n) is 5.28. The molecule has 2 aromatic heterocycles. The van der Waals surface area contributed by atoms with Crippen molar-refractivity contribution in [3.05, 3.63) is 33.7 Å². The number of halogens is 1. The first-order valence-corrected chi connectivity index (χ1v) is 9.70. The zero-order chi connectivity index (χ0) is 16.7. The highest BCUT2D eigenvalue weighted by Crippen LogP contribution is 2.12. The Kier molecular flexibility index (Phi) is 9.35. The first-order chi connectivity index (χ1) is 11.1. The molecule has 2 heterocycles. The van der Waals surface area contributed by atoms with Gasteiger partial charge in [0, 0.05) is 36.0 Å². The van der Waals surface area contributed by atoms with Crippen LogP contribution in [0.25, 0.3) is 4.96 Å². The number of aromatic nitrogens is 2. The van der Waals surface area contributed by atoms with Gasteiger partial charge in [-0.2, -0.15) is 0 Å². The van der Waals surface area contributed by atoms with Crippen LogP contribution in [0, 0.1) is 0 Å². The fraction of sp³-hybridized carbons (Fsp3) is 0.533. The van der Waals surface area contributed by atoms with Crippen molar-refractivity contribution in [2.75, 3.05) is 12.3 Å². The quantitative estimate of drug-likeness (QED) is 0.683. The van der Waals surface area contributed by atoms with E-state index in [0.29, 0.717) is 28.7 Å². The largest absolute Gasteiger partial charge is 0.351 e. The minimum atomic E-state index is -0.0842. The number of fused-ring (bicyclic) bond motifs is 1. The normalized spacial score (nSPS) is 11.9. The Morgan fingerprint density at radius 3 is 3.04 bits per heavy atom. The molecule has 2 rings (SSSR count). The van der Waals surface area contributed by atoms with Crippen molar-refractivity contribution in [3.8, 4) is 0 Å². The van der Waals surface area contributed by atoms with E-state index in [2.05, 4.69) is 17.2 Å². The molecule has 2 aromatic rings. The van der Waals surface area contributed by atoms with Crippen molar-refractivity contribution in [1.82, 2.24) is 14.7 Å². The third-order valence-electron chi connectivity index (χ3n) is 3.40. The molecule has 0 aliphatic heterocycles. The van der Waals surface area contributed by atoms with Crippen LogP contribution in [0.1, 0.15) is 31.9 Å². The molecule has 134 valence electrons. The van der Waals surface area contributed by atoms with Gasteiger partial charge in [-0.1, -0.05) is 19.8 Å². The number of hydrogen-bond acceptors (Lipinski definition) is 6. The molecule has 0 saturated carbocycles. The van der Waals surface area contributed by atoms with Crippen LogP contribution >= 0.6 is 35.5 Å². The molecule has 0 bridgehead atoms. The van der Waals surface area contributed by atoms with E-state index in [1.807, 2.05) is 5.38 Å². The second-order valence-corrected chi connectivity index (χ2v) is 7.14. The summed E-state index contributed by atoms with van der Waals surface area (Å²) in [7, 11) is 0. The van der Waals surface area contributed by atoms with Crippen LogP contribution in [0.5, 0.6) is 0 Å². The number of amides is 1. The zero-order valence-electron chi connectivity index (χ0n) is 13.6. The number of rotatable bonds is 9. The number of nitrogens with zero attached hydrogens (tertiary/aromatic N) is 2. The third-order valence-corrected chi connectivity index (χ3v) is 5.12. The van der Waals surface area contributed by atoms with Crippen LogP contribution in [0.4, 0.5) is 0 Å². The maximum atomic E-state index is 11.9. The van der Waals surface area contributed by atoms with E-state index in [0.717, 1.165) is 19.3 Å². The summed E-state index contributed by atoms with van der Waals surface area (Å²) < 4.78 is 1.52. The van der Waals surface area contributed by atoms with E-state index >= 15 is 0 Å². The Balaban J connectivity index is 0.00000288. The van der Waals surface area contributed by atoms with Gasteiger partial charge in [-0.05, 0) is 6.42 Å². The molecule has 9 heteroatoms. The fourth-order valence-corrected chi connectivity index (χ4v) is 3.65. The summed E-state index contributed by atoms with van der Waals surface area (Å²) in [6, 6.07) is 1.57. The van der Waals surface area contributed by atoms with Crippen LogP contribution < -0.4 is 16.6 Å². The Hall–Kier alpha value is -1.09. The van der Waals surface area contributed by atoms with Crippen LogP contribution in [-0.2, 0) is 10.5 Å². The number of nitrogens with one attached hydrogen (secondary N) is 1. The Morgan fingerprint density at radius 1 is 1.54 bits per heavy atom. The van der Waals surface area contributed by atoms with E-state index in [1.54, 1.807) is 6.20 Å². The zero-order valence-corrected chi connectivity index (χ0v) is 16.0. The summed E-state index contributed by atoms with van der Waals surface area (Å²) >= 11 is 2.88. The lowest BCUT2D eigenvalue weighted by Crippen LogP contribution is -2.41. The van der Waals surface area contributed by atoms with Crippen LogP contribution in [-0.4, -0.2) is 33.6 Å². The van der Waals surface area contributed by atoms with Gasteiger partial charge in [-0.15, -0.1) is 35.5 Å². The topological polar surface area (TPSA) is 89.5 Å². The number of thiazole rings is 1. The van der Waals surface area contributed by atoms with E-state index in [9.17, 15) is 9.59 Å². The molecule has 0 saturated heterocycles. The van der Waals surface area contributed by atoms with Crippen LogP contribution in [0.15, 0.2) is 22.4 Å². The average Bonchev–Trinajstić information content (AvgIpc) is 3.00. The first kappa shape index (κ1) is 21.0. The molecular weight excluding hydrogens is 368 g/mol. The molecule has 6 nitrogen and oxygen atoms in total. The molecular formula is C15H23ClN4O2S2. The van der Waals surface area contributed by atoms with Crippen molar-refractivity contribution in [3.63, 3.8) is 0 Å². The second kappa shape index (κ2) is 10.7. The summed E-state index contributed by atoms with van der Waals surface area (Å²) in [5, 5.41) is 4.79. The standard InChI is InChI=1S/C15H22N4O2S2.ClH/c1-2-3-4-11(8-16)17-13(20)10-22-9-12-7-14(21)19-5-6-23-15(19)18-12;/h5-7,11H,2-4,8-10,16H2,1H3,(H,17,20);1H. The number of carbonyl (C=O) groups excluding carboxylic acids is 1. The number of nitrogens with two attached hydrogens (primary N) is 1. The number of thioether (sulfide) groups is 1. The fourth-order valence-electron chi connectivity index (χ4n) is 2.18. The van der Waals surface area contributed by atoms with Gasteiger partial charge in [-0.3, -0.25) is 14.0 Å². The van der Waals surface area contributed by atoms with Gasteiger partial charge < -0.3 is 11.1 Å². The maximum absolute atomic E-state index is 11.9. The third kappa shape index (κ3) is 6.08. The van der Waals surface area contributed by atoms with Crippen molar-refractivity contribution in [1.29, 1.82) is 0 Å². The molecule has 0 fully saturated rings. The average molecular weight is 391 g/mol. The van der Waals surface area contributed by atoms with Crippen LogP contribution in [0.3, 0.4) is 0 Å². The SMILES string of the molecule is CCCCC(CN)NC(=O)CSCc1cc(=O)n2ccsc2n1.Cl. The van der Waals surface area contributed by atoms with Gasteiger partial charge in [0.05, 0.1) is 11.4 Å². The highest BCUT2D eigenvalue weighted by atomic mass is 35.5. The predicted molar refractivity (Wildman–Crippen MR) is 103 cm³/mol. The van der Waals surface area contributed by atoms with Crippen molar-refractivity contribution in [2.45, 2.75) is 38.0 Å². The Labute approximate surface area is 155 Å². The summed E-state index contributed by atoms with van der Waals surface area (Å²) in [5.41, 5.74) is 6.29. The molecule has 1 atom stereocenters. The van der Waals surface area contributed by atoms with Crippen molar-refractivity contribution < 1.29 is 4.79 Å². The van der Waals surface area contributed by atoms with Crippen LogP contribution in [0.2, 0.25) is 0 Å². The Bertz CT molecular complexity index is 704. The lowest BCUT2D eigenvalue weighted by molar-refractivity contribution is -0.119. The van der Waals surface area contributed by atoms with Gasteiger partial charge in [0.2, 0.25) is 5.91 Å². The molecule has 3 N–H and O–H groups in total. The minimum absolute atomic E-state index is 0. The number of carbonyl (C=O) groups is 1. The molecule has 0 aromatic carbocycles. The Morgan fingerprint density at radius 2 is 2.33 bits per heavy atom. The van der Waals surface area contributed by atoms with Crippen molar-refractivity contribution >= 4 is 46.4 Å². The van der Waals surface area contributed by atoms with E-state index in [1.165, 1.54) is 33.6 Å². The molecule has 1 unspecified atom stereocenters. The minimum Gasteiger partial charge on any atom is -0.351 e. The molecule has 1 amide bonds. The molecule has 0 spiro atoms. The van der Waals surface area contributed by atoms with Crippen molar-refractivity contribution in [2.24, 2.45) is 5.73 Å². The maximum Gasteiger partial charge on any atom is 0.258 e. The highest BCUT2D eigenvalue weighted by Gasteiger charge is 2.11.